The molecule has 0 aliphatic carbocycles. The van der Waals surface area contributed by atoms with E-state index in [-0.39, 0.29) is 23.6 Å². The molecule has 0 radical (unpaired) electrons. The van der Waals surface area contributed by atoms with E-state index in [1.54, 1.807) is 6.92 Å². The zero-order valence-corrected chi connectivity index (χ0v) is 21.3. The summed E-state index contributed by atoms with van der Waals surface area (Å²) in [5.41, 5.74) is 8.18. The summed E-state index contributed by atoms with van der Waals surface area (Å²) in [7, 11) is 0. The quantitative estimate of drug-likeness (QED) is 0.482. The molecule has 6 nitrogen and oxygen atoms in total. The smallest absolute Gasteiger partial charge is 0.337 e. The summed E-state index contributed by atoms with van der Waals surface area (Å²) >= 11 is 8.16. The highest BCUT2D eigenvalue weighted by atomic mass is 79.9. The average Bonchev–Trinajstić information content (AvgIpc) is 2.78. The predicted molar refractivity (Wildman–Crippen MR) is 134 cm³/mol. The summed E-state index contributed by atoms with van der Waals surface area (Å²) in [4.78, 5) is 28.3. The molecule has 4 rings (SSSR count). The second kappa shape index (κ2) is 9.59. The molecule has 0 spiro atoms. The topological polar surface area (TPSA) is 96.4 Å². The van der Waals surface area contributed by atoms with E-state index in [0.717, 1.165) is 14.5 Å². The maximum Gasteiger partial charge on any atom is 0.337 e. The van der Waals surface area contributed by atoms with E-state index in [9.17, 15) is 14.9 Å². The van der Waals surface area contributed by atoms with Crippen molar-refractivity contribution < 1.29 is 14.3 Å². The Morgan fingerprint density at radius 1 is 1.21 bits per heavy atom. The standard InChI is InChI=1S/C24H17Br2N3O3S/c1-2-32-24(31)21-20(14-6-4-8-16(26)10-14)17(12-27)22(28)29-19(30)11-18(33-23(21)29)13-5-3-7-15(25)9-13/h3-11,20H,2,28H2,1H3. The third kappa shape index (κ3) is 4.38. The SMILES string of the molecule is CCOC(=O)C1=C2SC(c3cccc(Br)c3)=CC(=O)N2C(N)=C(C#N)C1c1cccc(Br)c1. The first-order valence-corrected chi connectivity index (χ1v) is 12.3. The number of halogens is 2. The molecule has 0 aromatic heterocycles. The zero-order chi connectivity index (χ0) is 23.7. The average molecular weight is 587 g/mol. The van der Waals surface area contributed by atoms with Crippen LogP contribution in [0.25, 0.3) is 4.91 Å². The van der Waals surface area contributed by atoms with Crippen LogP contribution in [-0.4, -0.2) is 23.4 Å². The second-order valence-electron chi connectivity index (χ2n) is 7.13. The van der Waals surface area contributed by atoms with Gasteiger partial charge in [0.1, 0.15) is 10.9 Å². The fourth-order valence-corrected chi connectivity index (χ4v) is 5.75. The van der Waals surface area contributed by atoms with Crippen molar-refractivity contribution in [1.29, 1.82) is 5.26 Å². The van der Waals surface area contributed by atoms with Crippen LogP contribution < -0.4 is 5.73 Å². The lowest BCUT2D eigenvalue weighted by atomic mass is 9.83. The third-order valence-corrected chi connectivity index (χ3v) is 7.27. The van der Waals surface area contributed by atoms with Gasteiger partial charge in [-0.15, -0.1) is 0 Å². The Hall–Kier alpha value is -2.80. The Balaban J connectivity index is 1.97. The van der Waals surface area contributed by atoms with E-state index in [1.165, 1.54) is 22.7 Å². The van der Waals surface area contributed by atoms with Crippen molar-refractivity contribution in [2.75, 3.05) is 6.61 Å². The number of rotatable bonds is 4. The van der Waals surface area contributed by atoms with E-state index in [1.807, 2.05) is 48.5 Å². The molecule has 9 heteroatoms. The molecule has 0 saturated carbocycles. The number of nitriles is 1. The minimum absolute atomic E-state index is 0.00701. The van der Waals surface area contributed by atoms with Crippen LogP contribution in [0.3, 0.4) is 0 Å². The number of fused-ring (bicyclic) bond motifs is 1. The summed E-state index contributed by atoms with van der Waals surface area (Å²) in [6.07, 6.45) is 1.46. The lowest BCUT2D eigenvalue weighted by Gasteiger charge is -2.37. The number of ether oxygens (including phenoxy) is 1. The highest BCUT2D eigenvalue weighted by Gasteiger charge is 2.43. The molecule has 1 atom stereocenters. The van der Waals surface area contributed by atoms with E-state index < -0.39 is 17.8 Å². The minimum atomic E-state index is -0.778. The highest BCUT2D eigenvalue weighted by Crippen LogP contribution is 2.50. The number of carbonyl (C=O) groups excluding carboxylic acids is 2. The molecule has 2 aliphatic rings. The molecule has 2 heterocycles. The summed E-state index contributed by atoms with van der Waals surface area (Å²) in [5.74, 6) is -1.80. The Bertz CT molecular complexity index is 1310. The Morgan fingerprint density at radius 2 is 1.91 bits per heavy atom. The van der Waals surface area contributed by atoms with Gasteiger partial charge in [0, 0.05) is 19.9 Å². The van der Waals surface area contributed by atoms with Crippen LogP contribution >= 0.6 is 43.6 Å². The maximum absolute atomic E-state index is 13.3. The van der Waals surface area contributed by atoms with Gasteiger partial charge < -0.3 is 10.5 Å². The predicted octanol–water partition coefficient (Wildman–Crippen LogP) is 5.39. The van der Waals surface area contributed by atoms with Crippen LogP contribution in [0.5, 0.6) is 0 Å². The fraction of sp³-hybridized carbons (Fsp3) is 0.125. The summed E-state index contributed by atoms with van der Waals surface area (Å²) < 4.78 is 7.02. The van der Waals surface area contributed by atoms with Crippen molar-refractivity contribution in [1.82, 2.24) is 4.90 Å². The normalized spacial score (nSPS) is 18.0. The second-order valence-corrected chi connectivity index (χ2v) is 9.99. The van der Waals surface area contributed by atoms with Crippen LogP contribution in [0.1, 0.15) is 24.0 Å². The van der Waals surface area contributed by atoms with E-state index in [4.69, 9.17) is 10.5 Å². The van der Waals surface area contributed by atoms with Gasteiger partial charge >= 0.3 is 5.97 Å². The van der Waals surface area contributed by atoms with E-state index in [0.29, 0.717) is 15.5 Å². The van der Waals surface area contributed by atoms with Crippen LogP contribution in [-0.2, 0) is 14.3 Å². The van der Waals surface area contributed by atoms with E-state index in [2.05, 4.69) is 37.9 Å². The zero-order valence-electron chi connectivity index (χ0n) is 17.3. The maximum atomic E-state index is 13.3. The molecule has 0 fully saturated rings. The van der Waals surface area contributed by atoms with Crippen LogP contribution in [0.4, 0.5) is 0 Å². The van der Waals surface area contributed by atoms with Crippen molar-refractivity contribution in [3.05, 3.63) is 96.7 Å². The number of thioether (sulfide) groups is 1. The first-order chi connectivity index (χ1) is 15.8. The molecule has 1 amide bonds. The molecular formula is C24H17Br2N3O3S. The first-order valence-electron chi connectivity index (χ1n) is 9.91. The van der Waals surface area contributed by atoms with Gasteiger partial charge in [-0.1, -0.05) is 67.9 Å². The van der Waals surface area contributed by atoms with Gasteiger partial charge in [0.15, 0.2) is 0 Å². The van der Waals surface area contributed by atoms with Crippen molar-refractivity contribution in [2.45, 2.75) is 12.8 Å². The molecule has 0 bridgehead atoms. The summed E-state index contributed by atoms with van der Waals surface area (Å²) in [6, 6.07) is 16.9. The molecule has 166 valence electrons. The number of hydrogen-bond acceptors (Lipinski definition) is 6. The van der Waals surface area contributed by atoms with Gasteiger partial charge in [-0.05, 0) is 42.3 Å². The van der Waals surface area contributed by atoms with Gasteiger partial charge in [-0.3, -0.25) is 9.69 Å². The van der Waals surface area contributed by atoms with Gasteiger partial charge in [0.2, 0.25) is 0 Å². The summed E-state index contributed by atoms with van der Waals surface area (Å²) in [5, 5.41) is 10.3. The molecule has 1 unspecified atom stereocenters. The van der Waals surface area contributed by atoms with Crippen molar-refractivity contribution in [3.8, 4) is 6.07 Å². The number of allylic oxidation sites excluding steroid dienone is 1. The number of nitrogens with two attached hydrogens (primary N) is 1. The molecule has 33 heavy (non-hydrogen) atoms. The van der Waals surface area contributed by atoms with Crippen molar-refractivity contribution >= 4 is 60.4 Å². The molecule has 0 saturated heterocycles. The number of esters is 1. The highest BCUT2D eigenvalue weighted by molar-refractivity contribution is 9.10. The number of amides is 1. The lowest BCUT2D eigenvalue weighted by Crippen LogP contribution is -2.40. The van der Waals surface area contributed by atoms with Crippen molar-refractivity contribution in [3.63, 3.8) is 0 Å². The van der Waals surface area contributed by atoms with Gasteiger partial charge in [-0.25, -0.2) is 4.79 Å². The third-order valence-electron chi connectivity index (χ3n) is 5.12. The van der Waals surface area contributed by atoms with Gasteiger partial charge in [-0.2, -0.15) is 5.26 Å². The number of nitrogens with zero attached hydrogens (tertiary/aromatic N) is 2. The van der Waals surface area contributed by atoms with E-state index >= 15 is 0 Å². The fourth-order valence-electron chi connectivity index (χ4n) is 3.74. The molecule has 2 aromatic rings. The Labute approximate surface area is 212 Å². The van der Waals surface area contributed by atoms with Crippen LogP contribution in [0.15, 0.2) is 85.5 Å². The monoisotopic (exact) mass is 585 g/mol. The number of benzene rings is 2. The van der Waals surface area contributed by atoms with Crippen LogP contribution in [0, 0.1) is 11.3 Å². The lowest BCUT2D eigenvalue weighted by molar-refractivity contribution is -0.138. The van der Waals surface area contributed by atoms with Gasteiger partial charge in [0.05, 0.1) is 29.7 Å². The molecule has 2 aromatic carbocycles. The number of carbonyl (C=O) groups is 2. The first kappa shape index (κ1) is 23.4. The Morgan fingerprint density at radius 3 is 2.55 bits per heavy atom. The number of hydrogen-bond donors (Lipinski definition) is 1. The van der Waals surface area contributed by atoms with Gasteiger partial charge in [0.25, 0.3) is 5.91 Å². The van der Waals surface area contributed by atoms with Crippen LogP contribution in [0.2, 0.25) is 0 Å². The molecular weight excluding hydrogens is 570 g/mol. The molecule has 2 N–H and O–H groups in total. The largest absolute Gasteiger partial charge is 0.463 e. The summed E-state index contributed by atoms with van der Waals surface area (Å²) in [6.45, 7) is 1.86. The Kier molecular flexibility index (Phi) is 6.79. The minimum Gasteiger partial charge on any atom is -0.463 e. The molecule has 2 aliphatic heterocycles. The van der Waals surface area contributed by atoms with Crippen molar-refractivity contribution in [2.24, 2.45) is 5.73 Å².